The topological polar surface area (TPSA) is 12.4 Å². The van der Waals surface area contributed by atoms with Crippen LogP contribution in [0.25, 0.3) is 0 Å². The number of rotatable bonds is 2. The molecule has 0 aliphatic rings. The maximum Gasteiger partial charge on any atom is 0.416 e. The molecule has 0 spiro atoms. The van der Waals surface area contributed by atoms with Gasteiger partial charge in [-0.05, 0) is 25.3 Å². The number of halogens is 3. The molecule has 0 aliphatic carbocycles. The van der Waals surface area contributed by atoms with Gasteiger partial charge < -0.3 is 0 Å². The van der Waals surface area contributed by atoms with E-state index in [0.717, 1.165) is 12.1 Å². The fourth-order valence-electron chi connectivity index (χ4n) is 1.20. The average molecular weight is 289 g/mol. The third-order valence-electron chi connectivity index (χ3n) is 1.94. The van der Waals surface area contributed by atoms with Crippen LogP contribution in [0.5, 0.6) is 0 Å². The minimum atomic E-state index is -4.30. The first-order valence-electron chi connectivity index (χ1n) is 5.80. The lowest BCUT2D eigenvalue weighted by Gasteiger charge is -2.08. The number of thioether (sulfide) groups is 1. The van der Waals surface area contributed by atoms with Gasteiger partial charge in [0.05, 0.1) is 5.56 Å². The van der Waals surface area contributed by atoms with Crippen molar-refractivity contribution >= 4 is 16.8 Å². The zero-order valence-electron chi connectivity index (χ0n) is 11.5. The molecule has 0 radical (unpaired) electrons. The van der Waals surface area contributed by atoms with Crippen molar-refractivity contribution in [2.45, 2.75) is 26.9 Å². The Balaban J connectivity index is 0.00000154. The Bertz CT molecular complexity index is 433. The van der Waals surface area contributed by atoms with E-state index in [1.54, 1.807) is 6.92 Å². The molecule has 0 heterocycles. The van der Waals surface area contributed by atoms with Crippen molar-refractivity contribution in [3.05, 3.63) is 47.7 Å². The van der Waals surface area contributed by atoms with Gasteiger partial charge in [0.25, 0.3) is 0 Å². The van der Waals surface area contributed by atoms with Crippen LogP contribution in [0, 0.1) is 0 Å². The molecule has 1 aromatic rings. The Kier molecular flexibility index (Phi) is 7.52. The molecule has 1 rings (SSSR count). The van der Waals surface area contributed by atoms with Gasteiger partial charge in [0.1, 0.15) is 5.04 Å². The molecule has 0 saturated heterocycles. The number of hydrogen-bond donors (Lipinski definition) is 0. The third kappa shape index (κ3) is 5.96. The first kappa shape index (κ1) is 17.8. The molecule has 19 heavy (non-hydrogen) atoms. The molecular formula is C14H18F3NS. The zero-order valence-corrected chi connectivity index (χ0v) is 12.3. The summed E-state index contributed by atoms with van der Waals surface area (Å²) in [6.07, 6.45) is -2.48. The van der Waals surface area contributed by atoms with Crippen LogP contribution >= 0.6 is 11.8 Å². The van der Waals surface area contributed by atoms with E-state index in [1.807, 2.05) is 20.1 Å². The summed E-state index contributed by atoms with van der Waals surface area (Å²) < 4.78 is 37.1. The summed E-state index contributed by atoms with van der Waals surface area (Å²) in [5, 5.41) is 0.659. The van der Waals surface area contributed by atoms with Crippen molar-refractivity contribution in [3.63, 3.8) is 0 Å². The van der Waals surface area contributed by atoms with Gasteiger partial charge in [-0.25, -0.2) is 4.99 Å². The number of aliphatic imine (C=N–C) groups is 1. The molecule has 0 saturated carbocycles. The second kappa shape index (κ2) is 8.04. The molecule has 0 bridgehead atoms. The zero-order chi connectivity index (χ0) is 15.1. The smallest absolute Gasteiger partial charge is 0.247 e. The van der Waals surface area contributed by atoms with E-state index in [-0.39, 0.29) is 0 Å². The largest absolute Gasteiger partial charge is 0.416 e. The van der Waals surface area contributed by atoms with Crippen LogP contribution < -0.4 is 0 Å². The summed E-state index contributed by atoms with van der Waals surface area (Å²) in [5.74, 6) is 0. The van der Waals surface area contributed by atoms with Gasteiger partial charge in [-0.2, -0.15) is 13.2 Å². The van der Waals surface area contributed by atoms with E-state index in [1.165, 1.54) is 23.9 Å². The summed E-state index contributed by atoms with van der Waals surface area (Å²) in [4.78, 5) is 4.16. The van der Waals surface area contributed by atoms with E-state index < -0.39 is 11.7 Å². The second-order valence-corrected chi connectivity index (χ2v) is 4.23. The van der Waals surface area contributed by atoms with E-state index >= 15 is 0 Å². The predicted octanol–water partition coefficient (Wildman–Crippen LogP) is 5.37. The van der Waals surface area contributed by atoms with Gasteiger partial charge >= 0.3 is 6.18 Å². The normalized spacial score (nSPS) is 11.6. The lowest BCUT2D eigenvalue weighted by molar-refractivity contribution is -0.137. The van der Waals surface area contributed by atoms with Crippen molar-refractivity contribution < 1.29 is 13.2 Å². The molecule has 0 amide bonds. The minimum absolute atomic E-state index is 0.620. The SMILES string of the molecule is C=C(C)N=C(SC)c1ccc(C(F)(F)F)cc1.CC. The van der Waals surface area contributed by atoms with Crippen LogP contribution in [0.3, 0.4) is 0 Å². The van der Waals surface area contributed by atoms with Crippen LogP contribution in [-0.4, -0.2) is 11.3 Å². The highest BCUT2D eigenvalue weighted by Gasteiger charge is 2.30. The van der Waals surface area contributed by atoms with E-state index in [4.69, 9.17) is 0 Å². The first-order valence-corrected chi connectivity index (χ1v) is 7.03. The lowest BCUT2D eigenvalue weighted by atomic mass is 10.1. The Morgan fingerprint density at radius 3 is 1.95 bits per heavy atom. The molecule has 0 aromatic heterocycles. The van der Waals surface area contributed by atoms with Crippen LogP contribution in [0.1, 0.15) is 31.9 Å². The number of benzene rings is 1. The van der Waals surface area contributed by atoms with Crippen LogP contribution in [-0.2, 0) is 6.18 Å². The Labute approximate surface area is 116 Å². The number of nitrogens with zero attached hydrogens (tertiary/aromatic N) is 1. The highest BCUT2D eigenvalue weighted by molar-refractivity contribution is 8.13. The van der Waals surface area contributed by atoms with Gasteiger partial charge in [-0.1, -0.05) is 32.6 Å². The summed E-state index contributed by atoms with van der Waals surface area (Å²) in [7, 11) is 0. The molecule has 0 fully saturated rings. The number of hydrogen-bond acceptors (Lipinski definition) is 2. The maximum atomic E-state index is 12.4. The van der Waals surface area contributed by atoms with Gasteiger partial charge in [-0.3, -0.25) is 0 Å². The van der Waals surface area contributed by atoms with E-state index in [0.29, 0.717) is 16.3 Å². The summed E-state index contributed by atoms with van der Waals surface area (Å²) in [6.45, 7) is 9.38. The maximum absolute atomic E-state index is 12.4. The highest BCUT2D eigenvalue weighted by Crippen LogP contribution is 2.29. The predicted molar refractivity (Wildman–Crippen MR) is 77.7 cm³/mol. The third-order valence-corrected chi connectivity index (χ3v) is 2.66. The molecule has 1 aromatic carbocycles. The molecule has 0 aliphatic heterocycles. The molecular weight excluding hydrogens is 271 g/mol. The molecule has 0 unspecified atom stereocenters. The Morgan fingerprint density at radius 2 is 1.63 bits per heavy atom. The van der Waals surface area contributed by atoms with Crippen LogP contribution in [0.2, 0.25) is 0 Å². The standard InChI is InChI=1S/C12H12F3NS.C2H6/c1-8(2)16-11(17-3)9-4-6-10(7-5-9)12(13,14)15;1-2/h4-7H,1H2,2-3H3;1-2H3. The summed E-state index contributed by atoms with van der Waals surface area (Å²) in [5.41, 5.74) is 0.625. The monoisotopic (exact) mass is 289 g/mol. The van der Waals surface area contributed by atoms with Gasteiger partial charge in [0.2, 0.25) is 0 Å². The highest BCUT2D eigenvalue weighted by atomic mass is 32.2. The molecule has 5 heteroatoms. The van der Waals surface area contributed by atoms with Crippen molar-refractivity contribution in [1.82, 2.24) is 0 Å². The van der Waals surface area contributed by atoms with Gasteiger partial charge in [0.15, 0.2) is 0 Å². The Morgan fingerprint density at radius 1 is 1.16 bits per heavy atom. The van der Waals surface area contributed by atoms with Crippen LogP contribution in [0.4, 0.5) is 13.2 Å². The van der Waals surface area contributed by atoms with Crippen molar-refractivity contribution in [2.75, 3.05) is 6.26 Å². The fraction of sp³-hybridized carbons (Fsp3) is 0.357. The average Bonchev–Trinajstić information content (AvgIpc) is 2.37. The second-order valence-electron chi connectivity index (χ2n) is 3.43. The minimum Gasteiger partial charge on any atom is -0.247 e. The molecule has 0 N–H and O–H groups in total. The summed E-state index contributed by atoms with van der Waals surface area (Å²) >= 11 is 1.37. The Hall–Kier alpha value is -1.23. The van der Waals surface area contributed by atoms with Crippen molar-refractivity contribution in [1.29, 1.82) is 0 Å². The van der Waals surface area contributed by atoms with Crippen molar-refractivity contribution in [3.8, 4) is 0 Å². The lowest BCUT2D eigenvalue weighted by Crippen LogP contribution is -2.05. The fourth-order valence-corrected chi connectivity index (χ4v) is 1.82. The van der Waals surface area contributed by atoms with Gasteiger partial charge in [-0.15, -0.1) is 11.8 Å². The van der Waals surface area contributed by atoms with Gasteiger partial charge in [0, 0.05) is 11.3 Å². The quantitative estimate of drug-likeness (QED) is 0.526. The number of alkyl halides is 3. The number of allylic oxidation sites excluding steroid dienone is 1. The van der Waals surface area contributed by atoms with E-state index in [9.17, 15) is 13.2 Å². The van der Waals surface area contributed by atoms with E-state index in [2.05, 4.69) is 11.6 Å². The van der Waals surface area contributed by atoms with Crippen molar-refractivity contribution in [2.24, 2.45) is 4.99 Å². The molecule has 106 valence electrons. The van der Waals surface area contributed by atoms with Crippen LogP contribution in [0.15, 0.2) is 41.5 Å². The molecule has 0 atom stereocenters. The summed E-state index contributed by atoms with van der Waals surface area (Å²) in [6, 6.07) is 4.95. The first-order chi connectivity index (χ1) is 8.84. The molecule has 1 nitrogen and oxygen atoms in total.